The van der Waals surface area contributed by atoms with E-state index in [0.717, 1.165) is 29.9 Å². The van der Waals surface area contributed by atoms with Gasteiger partial charge in [0.25, 0.3) is 0 Å². The van der Waals surface area contributed by atoms with Crippen molar-refractivity contribution in [2.45, 2.75) is 82.4 Å². The summed E-state index contributed by atoms with van der Waals surface area (Å²) >= 11 is 6.49. The first kappa shape index (κ1) is 28.5. The third-order valence-electron chi connectivity index (χ3n) is 8.92. The quantitative estimate of drug-likeness (QED) is 0.239. The molecule has 12 heteroatoms. The van der Waals surface area contributed by atoms with E-state index in [-0.39, 0.29) is 18.0 Å². The maximum absolute atomic E-state index is 12.3. The molecule has 0 N–H and O–H groups in total. The highest BCUT2D eigenvalue weighted by molar-refractivity contribution is 7.61. The molecule has 0 radical (unpaired) electrons. The SMILES string of the molecule is CC1(C)O[C@@H]2[C@H](O1)[C@@H](COc1cccc(CP(C)(C)=O)c1)O[C@H]2n1ncc2c(N3CC4(CCCCC4)C3)nc(Cl)nc21. The molecule has 7 rings (SSSR count). The van der Waals surface area contributed by atoms with Gasteiger partial charge in [0.15, 0.2) is 17.7 Å². The summed E-state index contributed by atoms with van der Waals surface area (Å²) in [6, 6.07) is 7.73. The molecule has 226 valence electrons. The van der Waals surface area contributed by atoms with E-state index in [1.165, 1.54) is 32.1 Å². The number of fused-ring (bicyclic) bond motifs is 2. The van der Waals surface area contributed by atoms with Gasteiger partial charge < -0.3 is 28.4 Å². The molecule has 1 aromatic carbocycles. The van der Waals surface area contributed by atoms with E-state index in [9.17, 15) is 4.57 Å². The van der Waals surface area contributed by atoms with E-state index in [2.05, 4.69) is 14.9 Å². The van der Waals surface area contributed by atoms with Crippen LogP contribution >= 0.6 is 18.7 Å². The smallest absolute Gasteiger partial charge is 0.226 e. The van der Waals surface area contributed by atoms with Gasteiger partial charge in [-0.3, -0.25) is 0 Å². The van der Waals surface area contributed by atoms with Crippen LogP contribution in [0.15, 0.2) is 30.5 Å². The number of rotatable bonds is 7. The van der Waals surface area contributed by atoms with E-state index < -0.39 is 31.4 Å². The maximum Gasteiger partial charge on any atom is 0.226 e. The van der Waals surface area contributed by atoms with Gasteiger partial charge in [0.05, 0.1) is 18.7 Å². The van der Waals surface area contributed by atoms with Gasteiger partial charge in [-0.1, -0.05) is 31.4 Å². The summed E-state index contributed by atoms with van der Waals surface area (Å²) in [5.41, 5.74) is 2.00. The number of nitrogens with zero attached hydrogens (tertiary/aromatic N) is 5. The fraction of sp³-hybridized carbons (Fsp3) is 0.633. The predicted octanol–water partition coefficient (Wildman–Crippen LogP) is 5.87. The van der Waals surface area contributed by atoms with Crippen molar-refractivity contribution in [2.75, 3.05) is 37.9 Å². The Balaban J connectivity index is 1.13. The fourth-order valence-corrected chi connectivity index (χ4v) is 8.42. The second kappa shape index (κ2) is 10.4. The van der Waals surface area contributed by atoms with Crippen molar-refractivity contribution >= 4 is 35.6 Å². The van der Waals surface area contributed by atoms with Crippen LogP contribution in [0.25, 0.3) is 11.0 Å². The molecule has 4 aliphatic rings. The molecule has 10 nitrogen and oxygen atoms in total. The lowest BCUT2D eigenvalue weighted by atomic mass is 9.68. The van der Waals surface area contributed by atoms with Gasteiger partial charge in [0, 0.05) is 24.7 Å². The van der Waals surface area contributed by atoms with Crippen molar-refractivity contribution in [3.05, 3.63) is 41.3 Å². The lowest BCUT2D eigenvalue weighted by Gasteiger charge is -2.53. The Morgan fingerprint density at radius 1 is 1.10 bits per heavy atom. The van der Waals surface area contributed by atoms with Crippen LogP contribution in [0, 0.1) is 5.41 Å². The summed E-state index contributed by atoms with van der Waals surface area (Å²) in [5, 5.41) is 5.77. The van der Waals surface area contributed by atoms with E-state index in [4.69, 9.17) is 35.6 Å². The first-order valence-corrected chi connectivity index (χ1v) is 18.1. The molecule has 3 aliphatic heterocycles. The molecule has 0 amide bonds. The van der Waals surface area contributed by atoms with Gasteiger partial charge >= 0.3 is 0 Å². The summed E-state index contributed by atoms with van der Waals surface area (Å²) in [6.07, 6.45) is 7.07. The van der Waals surface area contributed by atoms with Crippen LogP contribution in [0.2, 0.25) is 5.28 Å². The van der Waals surface area contributed by atoms with Crippen LogP contribution < -0.4 is 9.64 Å². The number of aromatic nitrogens is 4. The summed E-state index contributed by atoms with van der Waals surface area (Å²) in [4.78, 5) is 11.5. The van der Waals surface area contributed by atoms with Gasteiger partial charge in [-0.05, 0) is 69.3 Å². The Kier molecular flexibility index (Phi) is 7.10. The average Bonchev–Trinajstić information content (AvgIpc) is 3.56. The number of hydrogen-bond donors (Lipinski definition) is 0. The lowest BCUT2D eigenvalue weighted by Crippen LogP contribution is -2.57. The van der Waals surface area contributed by atoms with Crippen molar-refractivity contribution in [1.29, 1.82) is 0 Å². The zero-order chi connectivity index (χ0) is 29.3. The van der Waals surface area contributed by atoms with Crippen LogP contribution in [0.1, 0.15) is 57.7 Å². The highest BCUT2D eigenvalue weighted by Crippen LogP contribution is 2.48. The zero-order valence-corrected chi connectivity index (χ0v) is 26.3. The Hall–Kier alpha value is -2.23. The third-order valence-corrected chi connectivity index (χ3v) is 10.2. The van der Waals surface area contributed by atoms with Gasteiger partial charge in [-0.15, -0.1) is 0 Å². The van der Waals surface area contributed by atoms with Crippen molar-refractivity contribution in [2.24, 2.45) is 5.41 Å². The summed E-state index contributed by atoms with van der Waals surface area (Å²) in [6.45, 7) is 9.64. The van der Waals surface area contributed by atoms with Crippen molar-refractivity contribution in [3.63, 3.8) is 0 Å². The van der Waals surface area contributed by atoms with Gasteiger partial charge in [-0.2, -0.15) is 15.1 Å². The van der Waals surface area contributed by atoms with Crippen molar-refractivity contribution < 1.29 is 23.5 Å². The number of hydrogen-bond acceptors (Lipinski definition) is 9. The molecule has 3 saturated heterocycles. The Morgan fingerprint density at radius 3 is 2.62 bits per heavy atom. The van der Waals surface area contributed by atoms with Crippen molar-refractivity contribution in [1.82, 2.24) is 19.7 Å². The molecule has 4 fully saturated rings. The van der Waals surface area contributed by atoms with E-state index >= 15 is 0 Å². The molecule has 1 aliphatic carbocycles. The van der Waals surface area contributed by atoms with Crippen LogP contribution in [0.5, 0.6) is 5.75 Å². The van der Waals surface area contributed by atoms with Crippen LogP contribution in [0.4, 0.5) is 5.82 Å². The summed E-state index contributed by atoms with van der Waals surface area (Å²) < 4.78 is 39.5. The standard InChI is InChI=1S/C30H39ClN5O5P/c1-29(2)40-23-22(15-38-20-10-8-9-19(13-20)16-42(3,4)37)39-27(24(23)41-29)36-26-21(14-32-36)25(33-28(31)34-26)35-17-30(18-35)11-6-5-7-12-30/h8-10,13-14,22-24,27H,5-7,11-12,15-18H2,1-4H3/t22-,23-,24-,27-/m1/s1. The van der Waals surface area contributed by atoms with Gasteiger partial charge in [0.1, 0.15) is 36.5 Å². The molecule has 2 aromatic heterocycles. The first-order chi connectivity index (χ1) is 20.0. The summed E-state index contributed by atoms with van der Waals surface area (Å²) in [5.74, 6) is 0.738. The molecule has 1 spiro atoms. The minimum absolute atomic E-state index is 0.186. The lowest BCUT2D eigenvalue weighted by molar-refractivity contribution is -0.200. The minimum Gasteiger partial charge on any atom is -0.491 e. The highest BCUT2D eigenvalue weighted by Gasteiger charge is 2.57. The highest BCUT2D eigenvalue weighted by atomic mass is 35.5. The van der Waals surface area contributed by atoms with Crippen molar-refractivity contribution in [3.8, 4) is 5.75 Å². The molecule has 1 saturated carbocycles. The molecule has 3 aromatic rings. The molecular weight excluding hydrogens is 577 g/mol. The van der Waals surface area contributed by atoms with E-state index in [1.807, 2.05) is 44.3 Å². The second-order valence-electron chi connectivity index (χ2n) is 13.4. The topological polar surface area (TPSA) is 101 Å². The zero-order valence-electron chi connectivity index (χ0n) is 24.7. The fourth-order valence-electron chi connectivity index (χ4n) is 7.19. The average molecular weight is 616 g/mol. The normalized spacial score (nSPS) is 28.3. The molecule has 5 heterocycles. The Morgan fingerprint density at radius 2 is 1.86 bits per heavy atom. The Bertz CT molecular complexity index is 1530. The minimum atomic E-state index is -2.20. The molecule has 0 unspecified atom stereocenters. The number of anilines is 1. The number of halogens is 1. The van der Waals surface area contributed by atoms with Crippen LogP contribution in [0.3, 0.4) is 0 Å². The van der Waals surface area contributed by atoms with Crippen LogP contribution in [-0.2, 0) is 24.9 Å². The summed E-state index contributed by atoms with van der Waals surface area (Å²) in [7, 11) is -2.20. The second-order valence-corrected chi connectivity index (χ2v) is 17.2. The molecule has 4 atom stereocenters. The number of benzene rings is 1. The first-order valence-electron chi connectivity index (χ1n) is 14.9. The molecule has 42 heavy (non-hydrogen) atoms. The number of ether oxygens (including phenoxy) is 4. The maximum atomic E-state index is 12.3. The Labute approximate surface area is 251 Å². The van der Waals surface area contributed by atoms with E-state index in [1.54, 1.807) is 18.0 Å². The van der Waals surface area contributed by atoms with Gasteiger partial charge in [-0.25, -0.2) is 4.68 Å². The van der Waals surface area contributed by atoms with Gasteiger partial charge in [0.2, 0.25) is 5.28 Å². The predicted molar refractivity (Wildman–Crippen MR) is 161 cm³/mol. The third kappa shape index (κ3) is 5.45. The van der Waals surface area contributed by atoms with Crippen LogP contribution in [-0.4, -0.2) is 76.9 Å². The molecular formula is C30H39ClN5O5P. The largest absolute Gasteiger partial charge is 0.491 e. The monoisotopic (exact) mass is 615 g/mol. The van der Waals surface area contributed by atoms with E-state index in [0.29, 0.717) is 23.0 Å². The molecule has 0 bridgehead atoms.